The molecule has 1 aliphatic rings. The van der Waals surface area contributed by atoms with Crippen LogP contribution in [0.1, 0.15) is 29.5 Å². The zero-order chi connectivity index (χ0) is 22.7. The van der Waals surface area contributed by atoms with E-state index in [-0.39, 0.29) is 5.91 Å². The van der Waals surface area contributed by atoms with Gasteiger partial charge < -0.3 is 14.1 Å². The Labute approximate surface area is 188 Å². The number of hydrogen-bond acceptors (Lipinski definition) is 6. The highest BCUT2D eigenvalue weighted by atomic mass is 32.2. The van der Waals surface area contributed by atoms with E-state index in [0.717, 1.165) is 30.5 Å². The van der Waals surface area contributed by atoms with Crippen LogP contribution in [0.3, 0.4) is 0 Å². The fourth-order valence-corrected chi connectivity index (χ4v) is 4.63. The van der Waals surface area contributed by atoms with Gasteiger partial charge in [-0.25, -0.2) is 8.42 Å². The van der Waals surface area contributed by atoms with Crippen molar-refractivity contribution in [1.82, 2.24) is 9.80 Å². The maximum Gasteiger partial charge on any atom is 0.289 e. The van der Waals surface area contributed by atoms with Gasteiger partial charge in [-0.15, -0.1) is 0 Å². The fraction of sp³-hybridized carbons (Fsp3) is 0.375. The highest BCUT2D eigenvalue weighted by Gasteiger charge is 2.24. The third-order valence-corrected chi connectivity index (χ3v) is 6.78. The first-order valence-corrected chi connectivity index (χ1v) is 12.7. The lowest BCUT2D eigenvalue weighted by atomic mass is 10.2. The molecule has 0 bridgehead atoms. The number of furan rings is 1. The van der Waals surface area contributed by atoms with Crippen molar-refractivity contribution >= 4 is 26.7 Å². The predicted molar refractivity (Wildman–Crippen MR) is 123 cm³/mol. The molecule has 1 aliphatic heterocycles. The molecule has 7 nitrogen and oxygen atoms in total. The summed E-state index contributed by atoms with van der Waals surface area (Å²) in [6, 6.07) is 14.4. The third kappa shape index (κ3) is 4.97. The van der Waals surface area contributed by atoms with Crippen LogP contribution in [0.25, 0.3) is 11.0 Å². The van der Waals surface area contributed by atoms with E-state index >= 15 is 0 Å². The smallest absolute Gasteiger partial charge is 0.289 e. The minimum atomic E-state index is -3.19. The van der Waals surface area contributed by atoms with Crippen LogP contribution >= 0.6 is 0 Å². The molecule has 0 spiro atoms. The van der Waals surface area contributed by atoms with Gasteiger partial charge in [0, 0.05) is 44.4 Å². The first kappa shape index (κ1) is 22.4. The second-order valence-electron chi connectivity index (χ2n) is 8.06. The van der Waals surface area contributed by atoms with Crippen LogP contribution < -0.4 is 4.74 Å². The molecular weight excluding hydrogens is 428 g/mol. The lowest BCUT2D eigenvalue weighted by Gasteiger charge is -2.21. The van der Waals surface area contributed by atoms with E-state index in [1.54, 1.807) is 18.2 Å². The first-order valence-electron chi connectivity index (χ1n) is 10.8. The van der Waals surface area contributed by atoms with Crippen LogP contribution in [0.4, 0.5) is 0 Å². The van der Waals surface area contributed by atoms with E-state index < -0.39 is 9.84 Å². The van der Waals surface area contributed by atoms with E-state index in [9.17, 15) is 13.2 Å². The molecule has 0 unspecified atom stereocenters. The Morgan fingerprint density at radius 1 is 1.06 bits per heavy atom. The van der Waals surface area contributed by atoms with Gasteiger partial charge in [-0.1, -0.05) is 24.3 Å². The molecule has 1 aromatic heterocycles. The average molecular weight is 457 g/mol. The van der Waals surface area contributed by atoms with Crippen molar-refractivity contribution in [2.75, 3.05) is 39.0 Å². The highest BCUT2D eigenvalue weighted by Crippen LogP contribution is 2.29. The van der Waals surface area contributed by atoms with Crippen molar-refractivity contribution in [2.24, 2.45) is 0 Å². The van der Waals surface area contributed by atoms with Gasteiger partial charge >= 0.3 is 0 Å². The number of amides is 1. The topological polar surface area (TPSA) is 80.1 Å². The molecule has 3 aromatic rings. The predicted octanol–water partition coefficient (Wildman–Crippen LogP) is 3.58. The molecule has 1 amide bonds. The second-order valence-corrected chi connectivity index (χ2v) is 10.1. The molecule has 0 aliphatic carbocycles. The third-order valence-electron chi connectivity index (χ3n) is 5.65. The number of fused-ring (bicyclic) bond motifs is 1. The van der Waals surface area contributed by atoms with Crippen LogP contribution in [0.5, 0.6) is 5.75 Å². The van der Waals surface area contributed by atoms with E-state index in [1.165, 1.54) is 6.26 Å². The maximum absolute atomic E-state index is 13.1. The summed E-state index contributed by atoms with van der Waals surface area (Å²) >= 11 is 0. The van der Waals surface area contributed by atoms with Gasteiger partial charge in [0.2, 0.25) is 0 Å². The van der Waals surface area contributed by atoms with Gasteiger partial charge in [0.25, 0.3) is 5.91 Å². The molecule has 32 heavy (non-hydrogen) atoms. The highest BCUT2D eigenvalue weighted by molar-refractivity contribution is 7.90. The summed E-state index contributed by atoms with van der Waals surface area (Å²) in [5, 5.41) is 0.855. The molecule has 8 heteroatoms. The number of carbonyl (C=O) groups is 1. The van der Waals surface area contributed by atoms with Crippen LogP contribution in [0.2, 0.25) is 0 Å². The second kappa shape index (κ2) is 9.34. The lowest BCUT2D eigenvalue weighted by molar-refractivity contribution is 0.0731. The van der Waals surface area contributed by atoms with Crippen LogP contribution in [0.15, 0.2) is 57.8 Å². The van der Waals surface area contributed by atoms with E-state index in [0.29, 0.717) is 48.2 Å². The SMILES string of the molecule is CCOc1cccc2cc(C(=O)N3CCCN(Cc4ccc(S(C)(=O)=O)cc4)CC3)oc12. The Kier molecular flexibility index (Phi) is 6.53. The number of rotatable bonds is 6. The van der Waals surface area contributed by atoms with Crippen LogP contribution in [0, 0.1) is 0 Å². The Morgan fingerprint density at radius 3 is 2.56 bits per heavy atom. The largest absolute Gasteiger partial charge is 0.490 e. The van der Waals surface area contributed by atoms with Crippen molar-refractivity contribution in [2.45, 2.75) is 24.8 Å². The molecule has 2 aromatic carbocycles. The minimum absolute atomic E-state index is 0.108. The average Bonchev–Trinajstić information content (AvgIpc) is 3.07. The van der Waals surface area contributed by atoms with Gasteiger partial charge in [0.15, 0.2) is 26.9 Å². The van der Waals surface area contributed by atoms with Gasteiger partial charge in [-0.3, -0.25) is 9.69 Å². The molecule has 0 atom stereocenters. The number of benzene rings is 2. The van der Waals surface area contributed by atoms with Gasteiger partial charge in [-0.05, 0) is 43.2 Å². The van der Waals surface area contributed by atoms with Crippen LogP contribution in [-0.4, -0.2) is 63.2 Å². The standard InChI is InChI=1S/C24H28N2O5S/c1-3-30-21-7-4-6-19-16-22(31-23(19)21)24(27)26-13-5-12-25(14-15-26)17-18-8-10-20(11-9-18)32(2,28)29/h4,6-11,16H,3,5,12-15,17H2,1-2H3. The van der Waals surface area contributed by atoms with Gasteiger partial charge in [0.1, 0.15) is 0 Å². The fourth-order valence-electron chi connectivity index (χ4n) is 4.00. The van der Waals surface area contributed by atoms with Crippen molar-refractivity contribution < 1.29 is 22.4 Å². The molecule has 4 rings (SSSR count). The Hall–Kier alpha value is -2.84. The lowest BCUT2D eigenvalue weighted by Crippen LogP contribution is -2.34. The molecular formula is C24H28N2O5S. The molecule has 2 heterocycles. The quantitative estimate of drug-likeness (QED) is 0.564. The molecule has 1 fully saturated rings. The summed E-state index contributed by atoms with van der Waals surface area (Å²) in [5.41, 5.74) is 1.66. The van der Waals surface area contributed by atoms with Crippen molar-refractivity contribution in [1.29, 1.82) is 0 Å². The Morgan fingerprint density at radius 2 is 1.84 bits per heavy atom. The number of nitrogens with zero attached hydrogens (tertiary/aromatic N) is 2. The first-order chi connectivity index (χ1) is 15.3. The summed E-state index contributed by atoms with van der Waals surface area (Å²) in [6.07, 6.45) is 2.07. The van der Waals surface area contributed by atoms with E-state index in [4.69, 9.17) is 9.15 Å². The van der Waals surface area contributed by atoms with E-state index in [1.807, 2.05) is 42.2 Å². The minimum Gasteiger partial charge on any atom is -0.490 e. The van der Waals surface area contributed by atoms with Crippen LogP contribution in [-0.2, 0) is 16.4 Å². The van der Waals surface area contributed by atoms with E-state index in [2.05, 4.69) is 4.90 Å². The number of ether oxygens (including phenoxy) is 1. The molecule has 0 radical (unpaired) electrons. The Bertz CT molecular complexity index is 1200. The van der Waals surface area contributed by atoms with Gasteiger partial charge in [-0.2, -0.15) is 0 Å². The number of para-hydroxylation sites is 1. The summed E-state index contributed by atoms with van der Waals surface area (Å²) in [5.74, 6) is 0.868. The molecule has 1 saturated heterocycles. The maximum atomic E-state index is 13.1. The zero-order valence-electron chi connectivity index (χ0n) is 18.4. The summed E-state index contributed by atoms with van der Waals surface area (Å²) < 4.78 is 34.8. The van der Waals surface area contributed by atoms with Gasteiger partial charge in [0.05, 0.1) is 11.5 Å². The van der Waals surface area contributed by atoms with Crippen molar-refractivity contribution in [3.8, 4) is 5.75 Å². The van der Waals surface area contributed by atoms with Crippen molar-refractivity contribution in [3.63, 3.8) is 0 Å². The summed E-state index contributed by atoms with van der Waals surface area (Å²) in [4.78, 5) is 17.6. The van der Waals surface area contributed by atoms with Crippen molar-refractivity contribution in [3.05, 3.63) is 59.9 Å². The number of carbonyl (C=O) groups excluding carboxylic acids is 1. The Balaban J connectivity index is 1.41. The molecule has 0 N–H and O–H groups in total. The normalized spacial score (nSPS) is 15.6. The molecule has 170 valence electrons. The zero-order valence-corrected chi connectivity index (χ0v) is 19.2. The monoisotopic (exact) mass is 456 g/mol. The number of hydrogen-bond donors (Lipinski definition) is 0. The molecule has 0 saturated carbocycles. The summed E-state index contributed by atoms with van der Waals surface area (Å²) in [7, 11) is -3.19. The number of sulfone groups is 1. The summed E-state index contributed by atoms with van der Waals surface area (Å²) in [6.45, 7) is 6.04.